The molecule has 52 heavy (non-hydrogen) atoms. The largest absolute Gasteiger partial charge is 0.456 e. The van der Waals surface area contributed by atoms with Gasteiger partial charge in [0.15, 0.2) is 0 Å². The van der Waals surface area contributed by atoms with E-state index in [9.17, 15) is 0 Å². The number of nitrogens with one attached hydrogen (secondary N) is 1. The van der Waals surface area contributed by atoms with Gasteiger partial charge in [-0.25, -0.2) is 4.99 Å². The number of benzene rings is 7. The predicted octanol–water partition coefficient (Wildman–Crippen LogP) is 13.0. The molecule has 0 aliphatic carbocycles. The van der Waals surface area contributed by atoms with Crippen LogP contribution in [0.5, 0.6) is 0 Å². The van der Waals surface area contributed by atoms with Crippen LogP contribution in [0.25, 0.3) is 70.1 Å². The quantitative estimate of drug-likeness (QED) is 0.183. The van der Waals surface area contributed by atoms with Crippen LogP contribution in [0, 0.1) is 0 Å². The number of aliphatic imine (C=N–C) groups is 1. The Morgan fingerprint density at radius 3 is 2.06 bits per heavy atom. The second kappa shape index (κ2) is 12.4. The zero-order valence-corrected chi connectivity index (χ0v) is 29.2. The molecule has 3 heterocycles. The Hall–Kier alpha value is -6.45. The fourth-order valence-electron chi connectivity index (χ4n) is 7.57. The first kappa shape index (κ1) is 30.4. The maximum absolute atomic E-state index is 6.50. The molecule has 0 radical (unpaired) electrons. The van der Waals surface area contributed by atoms with E-state index in [4.69, 9.17) is 9.41 Å². The summed E-state index contributed by atoms with van der Waals surface area (Å²) in [4.78, 5) is 5.52. The number of hydrogen-bond donors (Lipinski definition) is 1. The molecule has 1 aliphatic rings. The zero-order valence-electron chi connectivity index (χ0n) is 28.4. The summed E-state index contributed by atoms with van der Waals surface area (Å²) in [5.74, 6) is 0.794. The van der Waals surface area contributed by atoms with Crippen LogP contribution in [0.2, 0.25) is 0 Å². The maximum Gasteiger partial charge on any atom is 0.136 e. The van der Waals surface area contributed by atoms with E-state index in [1.807, 2.05) is 29.5 Å². The number of thiophene rings is 1. The highest BCUT2D eigenvalue weighted by atomic mass is 32.1. The van der Waals surface area contributed by atoms with Gasteiger partial charge in [-0.3, -0.25) is 0 Å². The molecule has 246 valence electrons. The first-order valence-electron chi connectivity index (χ1n) is 17.6. The van der Waals surface area contributed by atoms with Crippen molar-refractivity contribution in [2.75, 3.05) is 0 Å². The highest BCUT2D eigenvalue weighted by Gasteiger charge is 2.25. The number of hydrogen-bond acceptors (Lipinski definition) is 4. The third kappa shape index (κ3) is 5.17. The van der Waals surface area contributed by atoms with Crippen LogP contribution in [0.1, 0.15) is 29.7 Å². The number of rotatable bonds is 5. The number of nitrogens with zero attached hydrogens (tertiary/aromatic N) is 1. The minimum atomic E-state index is -0.122. The summed E-state index contributed by atoms with van der Waals surface area (Å²) in [7, 11) is 0. The van der Waals surface area contributed by atoms with Crippen molar-refractivity contribution in [1.82, 2.24) is 5.32 Å². The summed E-state index contributed by atoms with van der Waals surface area (Å²) in [6, 6.07) is 57.7. The lowest BCUT2D eigenvalue weighted by atomic mass is 9.92. The number of para-hydroxylation sites is 1. The van der Waals surface area contributed by atoms with E-state index < -0.39 is 0 Å². The second-order valence-corrected chi connectivity index (χ2v) is 14.4. The molecule has 0 saturated carbocycles. The lowest BCUT2D eigenvalue weighted by molar-refractivity contribution is 0.669. The average Bonchev–Trinajstić information content (AvgIpc) is 3.72. The molecule has 10 rings (SSSR count). The van der Waals surface area contributed by atoms with E-state index in [2.05, 4.69) is 164 Å². The molecule has 2 aromatic heterocycles. The third-order valence-corrected chi connectivity index (χ3v) is 11.3. The molecule has 0 amide bonds. The average molecular weight is 685 g/mol. The van der Waals surface area contributed by atoms with Crippen LogP contribution in [0.3, 0.4) is 0 Å². The van der Waals surface area contributed by atoms with E-state index in [0.717, 1.165) is 72.4 Å². The topological polar surface area (TPSA) is 37.5 Å². The third-order valence-electron chi connectivity index (χ3n) is 10.1. The Morgan fingerprint density at radius 1 is 0.577 bits per heavy atom. The summed E-state index contributed by atoms with van der Waals surface area (Å²) in [6.07, 6.45) is 0. The van der Waals surface area contributed by atoms with E-state index in [0.29, 0.717) is 0 Å². The van der Waals surface area contributed by atoms with Gasteiger partial charge in [-0.05, 0) is 76.7 Å². The highest BCUT2D eigenvalue weighted by molar-refractivity contribution is 7.25. The first-order chi connectivity index (χ1) is 25.7. The van der Waals surface area contributed by atoms with Crippen molar-refractivity contribution in [1.29, 1.82) is 0 Å². The number of fused-ring (bicyclic) bond motifs is 6. The van der Waals surface area contributed by atoms with Gasteiger partial charge < -0.3 is 9.73 Å². The van der Waals surface area contributed by atoms with Crippen LogP contribution in [0.4, 0.5) is 0 Å². The highest BCUT2D eigenvalue weighted by Crippen LogP contribution is 2.44. The van der Waals surface area contributed by atoms with Crippen molar-refractivity contribution in [3.8, 4) is 22.3 Å². The molecule has 0 fully saturated rings. The molecule has 0 spiro atoms. The van der Waals surface area contributed by atoms with Gasteiger partial charge in [0.25, 0.3) is 0 Å². The lowest BCUT2D eigenvalue weighted by Gasteiger charge is -2.20. The Bertz CT molecular complexity index is 2910. The summed E-state index contributed by atoms with van der Waals surface area (Å²) >= 11 is 1.84. The van der Waals surface area contributed by atoms with Gasteiger partial charge in [0.05, 0.1) is 6.04 Å². The second-order valence-electron chi connectivity index (χ2n) is 13.3. The minimum absolute atomic E-state index is 0.122. The van der Waals surface area contributed by atoms with E-state index in [1.54, 1.807) is 0 Å². The van der Waals surface area contributed by atoms with Crippen LogP contribution in [-0.2, 0) is 0 Å². The van der Waals surface area contributed by atoms with Crippen molar-refractivity contribution in [3.05, 3.63) is 192 Å². The molecule has 3 nitrogen and oxygen atoms in total. The standard InChI is InChI=1S/C48H32N2OS/c1-30-28-40(49-48(50-47(30)33-14-6-3-7-15-33)34-22-20-32(21-23-34)31-12-4-2-5-13-31)45-36(25-26-42-46(45)38-17-8-10-18-41(38)51-42)35-24-27-44-39(29-35)37-16-9-11-19-43(37)52-44/h2-27,29,47H,1H3,(H,49,50). The van der Waals surface area contributed by atoms with Crippen molar-refractivity contribution in [2.45, 2.75) is 13.0 Å². The van der Waals surface area contributed by atoms with Gasteiger partial charge in [-0.1, -0.05) is 133 Å². The SMILES string of the molecule is CC1=C=C(c2c(-c3ccc4sc5ccccc5c4c3)ccc3oc4ccccc4c23)N=C(c2ccc(-c3ccccc3)cc2)NC1c1ccccc1. The van der Waals surface area contributed by atoms with Crippen LogP contribution in [-0.4, -0.2) is 5.84 Å². The van der Waals surface area contributed by atoms with Crippen molar-refractivity contribution in [2.24, 2.45) is 4.99 Å². The molecule has 4 heteroatoms. The summed E-state index contributed by atoms with van der Waals surface area (Å²) in [5.41, 5.74) is 15.1. The monoisotopic (exact) mass is 684 g/mol. The van der Waals surface area contributed by atoms with Gasteiger partial charge in [0.2, 0.25) is 0 Å². The van der Waals surface area contributed by atoms with Gasteiger partial charge in [0.1, 0.15) is 22.7 Å². The van der Waals surface area contributed by atoms with Crippen LogP contribution < -0.4 is 5.32 Å². The molecule has 1 aliphatic heterocycles. The molecular weight excluding hydrogens is 653 g/mol. The van der Waals surface area contributed by atoms with E-state index in [1.165, 1.54) is 25.7 Å². The minimum Gasteiger partial charge on any atom is -0.456 e. The Labute approximate surface area is 305 Å². The normalized spacial score (nSPS) is 14.6. The first-order valence-corrected chi connectivity index (χ1v) is 18.4. The van der Waals surface area contributed by atoms with Crippen molar-refractivity contribution >= 4 is 65.0 Å². The van der Waals surface area contributed by atoms with Gasteiger partial charge in [-0.2, -0.15) is 0 Å². The molecule has 0 saturated heterocycles. The van der Waals surface area contributed by atoms with Gasteiger partial charge in [-0.15, -0.1) is 11.3 Å². The molecule has 7 aromatic carbocycles. The summed E-state index contributed by atoms with van der Waals surface area (Å²) in [5, 5.41) is 8.48. The van der Waals surface area contributed by atoms with Gasteiger partial charge >= 0.3 is 0 Å². The smallest absolute Gasteiger partial charge is 0.136 e. The summed E-state index contributed by atoms with van der Waals surface area (Å²) in [6.45, 7) is 2.15. The lowest BCUT2D eigenvalue weighted by Crippen LogP contribution is -2.29. The van der Waals surface area contributed by atoms with Crippen molar-refractivity contribution in [3.63, 3.8) is 0 Å². The molecule has 1 unspecified atom stereocenters. The Balaban J connectivity index is 1.24. The maximum atomic E-state index is 6.50. The van der Waals surface area contributed by atoms with Gasteiger partial charge in [0, 0.05) is 42.1 Å². The molecule has 1 N–H and O–H groups in total. The van der Waals surface area contributed by atoms with Crippen LogP contribution in [0.15, 0.2) is 185 Å². The van der Waals surface area contributed by atoms with E-state index in [-0.39, 0.29) is 6.04 Å². The Morgan fingerprint density at radius 2 is 1.23 bits per heavy atom. The predicted molar refractivity (Wildman–Crippen MR) is 219 cm³/mol. The Kier molecular flexibility index (Phi) is 7.24. The zero-order chi connectivity index (χ0) is 34.6. The fraction of sp³-hybridized carbons (Fsp3) is 0.0417. The molecule has 1 atom stereocenters. The molecule has 9 aromatic rings. The summed E-state index contributed by atoms with van der Waals surface area (Å²) < 4.78 is 9.07. The fourth-order valence-corrected chi connectivity index (χ4v) is 8.66. The van der Waals surface area contributed by atoms with Crippen LogP contribution >= 0.6 is 11.3 Å². The molecule has 0 bridgehead atoms. The molecular formula is C48H32N2OS. The number of amidine groups is 1. The van der Waals surface area contributed by atoms with E-state index >= 15 is 0 Å². The number of furan rings is 1. The van der Waals surface area contributed by atoms with Crippen molar-refractivity contribution < 1.29 is 4.42 Å².